The maximum Gasteiger partial charge on any atom is 0.220 e. The summed E-state index contributed by atoms with van der Waals surface area (Å²) in [6.07, 6.45) is 8.16. The average Bonchev–Trinajstić information content (AvgIpc) is 2.61. The molecule has 6 heteroatoms. The summed E-state index contributed by atoms with van der Waals surface area (Å²) in [5, 5.41) is 3.36. The zero-order valence-corrected chi connectivity index (χ0v) is 16.2. The van der Waals surface area contributed by atoms with E-state index in [9.17, 15) is 4.79 Å². The molecule has 1 saturated heterocycles. The van der Waals surface area contributed by atoms with E-state index in [2.05, 4.69) is 35.7 Å². The summed E-state index contributed by atoms with van der Waals surface area (Å²) in [5.74, 6) is 0.941. The normalized spacial score (nSPS) is 16.6. The number of guanidine groups is 1. The van der Waals surface area contributed by atoms with Gasteiger partial charge in [0.25, 0.3) is 0 Å². The van der Waals surface area contributed by atoms with E-state index in [0.29, 0.717) is 0 Å². The number of piperidine rings is 1. The van der Waals surface area contributed by atoms with Crippen molar-refractivity contribution >= 4 is 11.9 Å². The molecule has 6 nitrogen and oxygen atoms in total. The van der Waals surface area contributed by atoms with Crippen LogP contribution in [0.1, 0.15) is 45.4 Å². The van der Waals surface area contributed by atoms with E-state index in [-0.39, 0.29) is 11.8 Å². The number of unbranched alkanes of at least 4 members (excludes halogenated alkanes) is 2. The molecule has 0 aliphatic carbocycles. The Morgan fingerprint density at radius 2 is 2.08 bits per heavy atom. The molecule has 3 N–H and O–H groups in total. The van der Waals surface area contributed by atoms with Crippen molar-refractivity contribution in [3.05, 3.63) is 12.7 Å². The van der Waals surface area contributed by atoms with Crippen LogP contribution >= 0.6 is 0 Å². The number of allylic oxidation sites excluding steroid dienone is 1. The summed E-state index contributed by atoms with van der Waals surface area (Å²) in [6.45, 7) is 11.7. The molecular formula is C19H37N5O. The minimum atomic E-state index is -0.137. The van der Waals surface area contributed by atoms with Gasteiger partial charge in [0.05, 0.1) is 0 Å². The Labute approximate surface area is 153 Å². The van der Waals surface area contributed by atoms with Crippen LogP contribution in [-0.2, 0) is 4.79 Å². The molecule has 0 aromatic carbocycles. The van der Waals surface area contributed by atoms with Crippen LogP contribution < -0.4 is 11.1 Å². The first-order chi connectivity index (χ1) is 12.1. The minimum absolute atomic E-state index is 0.0835. The number of carbonyl (C=O) groups excluding carboxylic acids is 1. The van der Waals surface area contributed by atoms with Crippen LogP contribution in [0.15, 0.2) is 17.6 Å². The summed E-state index contributed by atoms with van der Waals surface area (Å²) in [4.78, 5) is 20.6. The summed E-state index contributed by atoms with van der Waals surface area (Å²) in [5.41, 5.74) is 5.38. The first-order valence-corrected chi connectivity index (χ1v) is 9.70. The van der Waals surface area contributed by atoms with Gasteiger partial charge in [-0.1, -0.05) is 6.08 Å². The average molecular weight is 352 g/mol. The lowest BCUT2D eigenvalue weighted by Crippen LogP contribution is -2.39. The third kappa shape index (κ3) is 8.91. The lowest BCUT2D eigenvalue weighted by Gasteiger charge is -2.30. The lowest BCUT2D eigenvalue weighted by molar-refractivity contribution is -0.123. The van der Waals surface area contributed by atoms with Gasteiger partial charge < -0.3 is 20.9 Å². The number of hydrogen-bond acceptors (Lipinski definition) is 3. The van der Waals surface area contributed by atoms with Crippen LogP contribution in [0.2, 0.25) is 0 Å². The van der Waals surface area contributed by atoms with Crippen LogP contribution in [0.3, 0.4) is 0 Å². The number of likely N-dealkylation sites (tertiary alicyclic amines) is 1. The highest BCUT2D eigenvalue weighted by molar-refractivity contribution is 5.79. The second-order valence-corrected chi connectivity index (χ2v) is 6.81. The summed E-state index contributed by atoms with van der Waals surface area (Å²) in [7, 11) is 2.09. The van der Waals surface area contributed by atoms with E-state index in [4.69, 9.17) is 10.7 Å². The Balaban J connectivity index is 2.22. The number of primary amides is 1. The SMILES string of the molecule is C=CCCCN(C)C(=NCCCCN1CCC(C(N)=O)CC1)NCC. The van der Waals surface area contributed by atoms with Crippen molar-refractivity contribution in [3.63, 3.8) is 0 Å². The first kappa shape index (κ1) is 21.5. The van der Waals surface area contributed by atoms with Crippen LogP contribution in [0.4, 0.5) is 0 Å². The highest BCUT2D eigenvalue weighted by Gasteiger charge is 2.22. The number of rotatable bonds is 11. The molecule has 1 amide bonds. The van der Waals surface area contributed by atoms with Crippen molar-refractivity contribution in [2.24, 2.45) is 16.6 Å². The Morgan fingerprint density at radius 1 is 1.36 bits per heavy atom. The predicted molar refractivity (Wildman–Crippen MR) is 106 cm³/mol. The molecule has 1 heterocycles. The van der Waals surface area contributed by atoms with E-state index in [1.807, 2.05) is 6.08 Å². The van der Waals surface area contributed by atoms with Gasteiger partial charge in [0, 0.05) is 32.6 Å². The van der Waals surface area contributed by atoms with Gasteiger partial charge in [-0.05, 0) is 65.1 Å². The van der Waals surface area contributed by atoms with Crippen LogP contribution in [0.25, 0.3) is 0 Å². The molecule has 1 rings (SSSR count). The van der Waals surface area contributed by atoms with E-state index in [1.165, 1.54) is 0 Å². The van der Waals surface area contributed by atoms with Crippen LogP contribution in [-0.4, -0.2) is 68.0 Å². The Hall–Kier alpha value is -1.56. The molecule has 0 bridgehead atoms. The molecule has 0 aromatic heterocycles. The standard InChI is InChI=1S/C19H37N5O/c1-4-6-8-13-23(3)19(21-5-2)22-12-7-9-14-24-15-10-17(11-16-24)18(20)25/h4,17H,1,5-16H2,2-3H3,(H2,20,25)(H,21,22). The first-order valence-electron chi connectivity index (χ1n) is 9.70. The molecule has 0 radical (unpaired) electrons. The topological polar surface area (TPSA) is 74.0 Å². The molecule has 1 aliphatic rings. The second kappa shape index (κ2) is 12.8. The molecule has 0 unspecified atom stereocenters. The smallest absolute Gasteiger partial charge is 0.220 e. The van der Waals surface area contributed by atoms with Crippen molar-refractivity contribution in [1.29, 1.82) is 0 Å². The van der Waals surface area contributed by atoms with Crippen molar-refractivity contribution in [3.8, 4) is 0 Å². The largest absolute Gasteiger partial charge is 0.369 e. The Bertz CT molecular complexity index is 416. The fourth-order valence-electron chi connectivity index (χ4n) is 3.12. The summed E-state index contributed by atoms with van der Waals surface area (Å²) in [6, 6.07) is 0. The molecular weight excluding hydrogens is 314 g/mol. The van der Waals surface area contributed by atoms with Gasteiger partial charge in [-0.3, -0.25) is 9.79 Å². The van der Waals surface area contributed by atoms with Gasteiger partial charge in [0.15, 0.2) is 5.96 Å². The zero-order chi connectivity index (χ0) is 18.5. The maximum absolute atomic E-state index is 11.2. The van der Waals surface area contributed by atoms with Crippen molar-refractivity contribution < 1.29 is 4.79 Å². The third-order valence-corrected chi connectivity index (χ3v) is 4.73. The van der Waals surface area contributed by atoms with Crippen LogP contribution in [0.5, 0.6) is 0 Å². The molecule has 0 saturated carbocycles. The highest BCUT2D eigenvalue weighted by Crippen LogP contribution is 2.16. The number of hydrogen-bond donors (Lipinski definition) is 2. The number of nitrogens with one attached hydrogen (secondary N) is 1. The van der Waals surface area contributed by atoms with Gasteiger partial charge in [-0.15, -0.1) is 6.58 Å². The third-order valence-electron chi connectivity index (χ3n) is 4.73. The van der Waals surface area contributed by atoms with E-state index in [0.717, 1.165) is 83.8 Å². The Morgan fingerprint density at radius 3 is 2.68 bits per heavy atom. The summed E-state index contributed by atoms with van der Waals surface area (Å²) >= 11 is 0. The van der Waals surface area contributed by atoms with Crippen LogP contribution in [0, 0.1) is 5.92 Å². The molecule has 1 fully saturated rings. The maximum atomic E-state index is 11.2. The van der Waals surface area contributed by atoms with E-state index in [1.54, 1.807) is 0 Å². The highest BCUT2D eigenvalue weighted by atomic mass is 16.1. The molecule has 0 aromatic rings. The van der Waals surface area contributed by atoms with Gasteiger partial charge in [0.2, 0.25) is 5.91 Å². The second-order valence-electron chi connectivity index (χ2n) is 6.81. The number of carbonyl (C=O) groups is 1. The van der Waals surface area contributed by atoms with Gasteiger partial charge in [-0.25, -0.2) is 0 Å². The monoisotopic (exact) mass is 351 g/mol. The van der Waals surface area contributed by atoms with Gasteiger partial charge >= 0.3 is 0 Å². The predicted octanol–water partition coefficient (Wildman–Crippen LogP) is 1.83. The lowest BCUT2D eigenvalue weighted by atomic mass is 9.96. The van der Waals surface area contributed by atoms with E-state index < -0.39 is 0 Å². The zero-order valence-electron chi connectivity index (χ0n) is 16.2. The van der Waals surface area contributed by atoms with Gasteiger partial charge in [-0.2, -0.15) is 0 Å². The fraction of sp³-hybridized carbons (Fsp3) is 0.789. The van der Waals surface area contributed by atoms with Crippen molar-refractivity contribution in [1.82, 2.24) is 15.1 Å². The molecule has 1 aliphatic heterocycles. The molecule has 0 atom stereocenters. The van der Waals surface area contributed by atoms with E-state index >= 15 is 0 Å². The minimum Gasteiger partial charge on any atom is -0.369 e. The van der Waals surface area contributed by atoms with Crippen molar-refractivity contribution in [2.45, 2.75) is 45.4 Å². The molecule has 25 heavy (non-hydrogen) atoms. The number of nitrogens with zero attached hydrogens (tertiary/aromatic N) is 3. The summed E-state index contributed by atoms with van der Waals surface area (Å²) < 4.78 is 0. The van der Waals surface area contributed by atoms with Crippen molar-refractivity contribution in [2.75, 3.05) is 46.3 Å². The fourth-order valence-corrected chi connectivity index (χ4v) is 3.12. The quantitative estimate of drug-likeness (QED) is 0.258. The number of nitrogens with two attached hydrogens (primary N) is 1. The molecule has 0 spiro atoms. The number of amides is 1. The molecule has 144 valence electrons. The van der Waals surface area contributed by atoms with Gasteiger partial charge in [0.1, 0.15) is 0 Å². The Kier molecular flexibility index (Phi) is 11.0. The number of aliphatic imine (C=N–C) groups is 1.